The topological polar surface area (TPSA) is 20.3 Å². The number of rotatable bonds is 1. The van der Waals surface area contributed by atoms with Gasteiger partial charge >= 0.3 is 0 Å². The Morgan fingerprint density at radius 3 is 2.85 bits per heavy atom. The molecule has 0 atom stereocenters. The maximum atomic E-state index is 12.8. The van der Waals surface area contributed by atoms with Gasteiger partial charge in [-0.3, -0.25) is 4.79 Å². The van der Waals surface area contributed by atoms with E-state index in [1.807, 2.05) is 41.3 Å². The molecule has 0 radical (unpaired) electrons. The Bertz CT molecular complexity index is 671. The van der Waals surface area contributed by atoms with Gasteiger partial charge in [0, 0.05) is 20.3 Å². The first-order chi connectivity index (χ1) is 9.66. The van der Waals surface area contributed by atoms with Crippen molar-refractivity contribution in [3.05, 3.63) is 61.6 Å². The highest BCUT2D eigenvalue weighted by Gasteiger charge is 2.24. The molecule has 0 aromatic heterocycles. The molecule has 0 saturated heterocycles. The van der Waals surface area contributed by atoms with E-state index in [1.165, 1.54) is 5.56 Å². The number of para-hydroxylation sites is 1. The largest absolute Gasteiger partial charge is 0.308 e. The number of benzene rings is 2. The molecule has 0 saturated carbocycles. The Morgan fingerprint density at radius 1 is 1.20 bits per heavy atom. The molecule has 1 aliphatic rings. The van der Waals surface area contributed by atoms with Crippen molar-refractivity contribution in [3.63, 3.8) is 0 Å². The van der Waals surface area contributed by atoms with Crippen LogP contribution in [0.3, 0.4) is 0 Å². The Morgan fingerprint density at radius 2 is 2.00 bits per heavy atom. The zero-order valence-corrected chi connectivity index (χ0v) is 14.5. The quantitative estimate of drug-likeness (QED) is 0.590. The summed E-state index contributed by atoms with van der Waals surface area (Å²) >= 11 is 5.72. The van der Waals surface area contributed by atoms with Crippen molar-refractivity contribution in [1.29, 1.82) is 0 Å². The predicted octanol–water partition coefficient (Wildman–Crippen LogP) is 4.65. The molecule has 1 aliphatic heterocycles. The van der Waals surface area contributed by atoms with Gasteiger partial charge in [-0.15, -0.1) is 0 Å². The zero-order chi connectivity index (χ0) is 14.1. The smallest absolute Gasteiger partial charge is 0.259 e. The van der Waals surface area contributed by atoms with Gasteiger partial charge in [-0.2, -0.15) is 0 Å². The number of amides is 1. The van der Waals surface area contributed by atoms with E-state index in [9.17, 15) is 4.79 Å². The zero-order valence-electron chi connectivity index (χ0n) is 10.8. The van der Waals surface area contributed by atoms with Crippen LogP contribution in [-0.4, -0.2) is 12.5 Å². The first-order valence-corrected chi connectivity index (χ1v) is 8.39. The maximum absolute atomic E-state index is 12.8. The standard InChI is InChI=1S/C16H13BrINO/c17-14-8-7-12(18)10-13(14)16(20)19-9-3-5-11-4-1-2-6-15(11)19/h1-2,4,6-8,10H,3,5,9H2. The molecule has 102 valence electrons. The van der Waals surface area contributed by atoms with Gasteiger partial charge in [0.1, 0.15) is 0 Å². The van der Waals surface area contributed by atoms with Crippen LogP contribution < -0.4 is 4.90 Å². The molecule has 0 bridgehead atoms. The van der Waals surface area contributed by atoms with E-state index in [4.69, 9.17) is 0 Å². The summed E-state index contributed by atoms with van der Waals surface area (Å²) in [5, 5.41) is 0. The summed E-state index contributed by atoms with van der Waals surface area (Å²) in [6.45, 7) is 0.785. The lowest BCUT2D eigenvalue weighted by molar-refractivity contribution is 0.0984. The Kier molecular flexibility index (Phi) is 4.12. The minimum atomic E-state index is 0.0718. The molecule has 0 aliphatic carbocycles. The molecular formula is C16H13BrINO. The minimum Gasteiger partial charge on any atom is -0.308 e. The number of anilines is 1. The van der Waals surface area contributed by atoms with Crippen molar-refractivity contribution in [2.45, 2.75) is 12.8 Å². The Labute approximate surface area is 140 Å². The number of hydrogen-bond donors (Lipinski definition) is 0. The van der Waals surface area contributed by atoms with Crippen LogP contribution in [0.2, 0.25) is 0 Å². The molecule has 2 aromatic carbocycles. The number of nitrogens with zero attached hydrogens (tertiary/aromatic N) is 1. The van der Waals surface area contributed by atoms with Crippen LogP contribution in [0.15, 0.2) is 46.9 Å². The average Bonchev–Trinajstić information content (AvgIpc) is 2.48. The summed E-state index contributed by atoms with van der Waals surface area (Å²) in [6.07, 6.45) is 2.07. The van der Waals surface area contributed by atoms with Gasteiger partial charge in [0.2, 0.25) is 0 Å². The van der Waals surface area contributed by atoms with Gasteiger partial charge in [0.15, 0.2) is 0 Å². The molecule has 0 fully saturated rings. The van der Waals surface area contributed by atoms with Crippen LogP contribution in [0.5, 0.6) is 0 Å². The van der Waals surface area contributed by atoms with Crippen LogP contribution in [0.1, 0.15) is 22.3 Å². The molecule has 3 rings (SSSR count). The SMILES string of the molecule is O=C(c1cc(I)ccc1Br)N1CCCc2ccccc21. The van der Waals surface area contributed by atoms with Gasteiger partial charge < -0.3 is 4.90 Å². The highest BCUT2D eigenvalue weighted by atomic mass is 127. The summed E-state index contributed by atoms with van der Waals surface area (Å²) in [4.78, 5) is 14.7. The number of fused-ring (bicyclic) bond motifs is 1. The molecule has 2 nitrogen and oxygen atoms in total. The molecule has 2 aromatic rings. The number of hydrogen-bond acceptors (Lipinski definition) is 1. The third-order valence-corrected chi connectivity index (χ3v) is 4.88. The first-order valence-electron chi connectivity index (χ1n) is 6.51. The number of aryl methyl sites for hydroxylation is 1. The van der Waals surface area contributed by atoms with Gasteiger partial charge in [-0.05, 0) is 81.2 Å². The van der Waals surface area contributed by atoms with Crippen molar-refractivity contribution in [1.82, 2.24) is 0 Å². The van der Waals surface area contributed by atoms with Crippen LogP contribution in [0, 0.1) is 3.57 Å². The molecule has 0 unspecified atom stereocenters. The average molecular weight is 442 g/mol. The second-order valence-corrected chi connectivity index (χ2v) is 6.91. The summed E-state index contributed by atoms with van der Waals surface area (Å²) in [5.41, 5.74) is 3.04. The van der Waals surface area contributed by atoms with Crippen molar-refractivity contribution < 1.29 is 4.79 Å². The molecule has 20 heavy (non-hydrogen) atoms. The van der Waals surface area contributed by atoms with E-state index < -0.39 is 0 Å². The van der Waals surface area contributed by atoms with E-state index in [0.29, 0.717) is 0 Å². The van der Waals surface area contributed by atoms with E-state index in [-0.39, 0.29) is 5.91 Å². The lowest BCUT2D eigenvalue weighted by Crippen LogP contribution is -2.35. The Hall–Kier alpha value is -0.880. The molecule has 1 heterocycles. The van der Waals surface area contributed by atoms with Crippen molar-refractivity contribution >= 4 is 50.1 Å². The summed E-state index contributed by atoms with van der Waals surface area (Å²) in [5.74, 6) is 0.0718. The number of halogens is 2. The van der Waals surface area contributed by atoms with Gasteiger partial charge in [-0.25, -0.2) is 0 Å². The van der Waals surface area contributed by atoms with E-state index in [1.54, 1.807) is 0 Å². The summed E-state index contributed by atoms with van der Waals surface area (Å²) in [7, 11) is 0. The van der Waals surface area contributed by atoms with Gasteiger partial charge in [0.25, 0.3) is 5.91 Å². The van der Waals surface area contributed by atoms with Crippen LogP contribution in [0.4, 0.5) is 5.69 Å². The van der Waals surface area contributed by atoms with Crippen LogP contribution >= 0.6 is 38.5 Å². The Balaban J connectivity index is 2.02. The molecule has 4 heteroatoms. The number of carbonyl (C=O) groups is 1. The molecule has 0 spiro atoms. The minimum absolute atomic E-state index is 0.0718. The van der Waals surface area contributed by atoms with E-state index in [0.717, 1.165) is 38.7 Å². The lowest BCUT2D eigenvalue weighted by Gasteiger charge is -2.29. The fourth-order valence-corrected chi connectivity index (χ4v) is 3.46. The maximum Gasteiger partial charge on any atom is 0.259 e. The van der Waals surface area contributed by atoms with Gasteiger partial charge in [-0.1, -0.05) is 18.2 Å². The summed E-state index contributed by atoms with van der Waals surface area (Å²) < 4.78 is 1.92. The highest BCUT2D eigenvalue weighted by molar-refractivity contribution is 14.1. The normalized spacial score (nSPS) is 14.0. The predicted molar refractivity (Wildman–Crippen MR) is 93.3 cm³/mol. The third kappa shape index (κ3) is 2.63. The van der Waals surface area contributed by atoms with E-state index >= 15 is 0 Å². The lowest BCUT2D eigenvalue weighted by atomic mass is 10.0. The molecule has 1 amide bonds. The highest BCUT2D eigenvalue weighted by Crippen LogP contribution is 2.30. The van der Waals surface area contributed by atoms with Gasteiger partial charge in [0.05, 0.1) is 5.56 Å². The fourth-order valence-electron chi connectivity index (χ4n) is 2.55. The molecule has 0 N–H and O–H groups in total. The van der Waals surface area contributed by atoms with Crippen molar-refractivity contribution in [2.24, 2.45) is 0 Å². The second-order valence-electron chi connectivity index (χ2n) is 4.81. The number of carbonyl (C=O) groups excluding carboxylic acids is 1. The van der Waals surface area contributed by atoms with Crippen LogP contribution in [-0.2, 0) is 6.42 Å². The van der Waals surface area contributed by atoms with Crippen molar-refractivity contribution in [2.75, 3.05) is 11.4 Å². The molecular weight excluding hydrogens is 429 g/mol. The third-order valence-electron chi connectivity index (χ3n) is 3.51. The van der Waals surface area contributed by atoms with Crippen LogP contribution in [0.25, 0.3) is 0 Å². The second kappa shape index (κ2) is 5.85. The fraction of sp³-hybridized carbons (Fsp3) is 0.188. The van der Waals surface area contributed by atoms with Crippen molar-refractivity contribution in [3.8, 4) is 0 Å². The summed E-state index contributed by atoms with van der Waals surface area (Å²) in [6, 6.07) is 14.0. The first kappa shape index (κ1) is 14.1. The van der Waals surface area contributed by atoms with E-state index in [2.05, 4.69) is 44.6 Å². The monoisotopic (exact) mass is 441 g/mol.